The standard InChI is InChI=1S/C13H17N3/c1-10-7-11(2)16(15-10)9-13-6-4-3-5-12(13)8-14/h3-7H,8-9,14H2,1-2H3. The van der Waals surface area contributed by atoms with Gasteiger partial charge in [-0.3, -0.25) is 4.68 Å². The van der Waals surface area contributed by atoms with Gasteiger partial charge in [-0.05, 0) is 31.0 Å². The first kappa shape index (κ1) is 10.9. The van der Waals surface area contributed by atoms with Crippen LogP contribution < -0.4 is 5.73 Å². The van der Waals surface area contributed by atoms with Crippen molar-refractivity contribution in [1.82, 2.24) is 9.78 Å². The molecule has 16 heavy (non-hydrogen) atoms. The Kier molecular flexibility index (Phi) is 3.06. The highest BCUT2D eigenvalue weighted by molar-refractivity contribution is 5.27. The van der Waals surface area contributed by atoms with Gasteiger partial charge in [0.15, 0.2) is 0 Å². The number of aryl methyl sites for hydroxylation is 2. The third-order valence-electron chi connectivity index (χ3n) is 2.76. The van der Waals surface area contributed by atoms with Crippen molar-refractivity contribution in [2.75, 3.05) is 0 Å². The molecule has 3 nitrogen and oxygen atoms in total. The molecule has 0 aliphatic heterocycles. The van der Waals surface area contributed by atoms with E-state index in [-0.39, 0.29) is 0 Å². The van der Waals surface area contributed by atoms with E-state index in [2.05, 4.69) is 30.2 Å². The first-order valence-electron chi connectivity index (χ1n) is 5.48. The lowest BCUT2D eigenvalue weighted by atomic mass is 10.1. The first-order chi connectivity index (χ1) is 7.70. The molecule has 0 saturated carbocycles. The summed E-state index contributed by atoms with van der Waals surface area (Å²) in [5, 5.41) is 4.46. The van der Waals surface area contributed by atoms with Crippen LogP contribution in [0.15, 0.2) is 30.3 Å². The Morgan fingerprint density at radius 3 is 2.44 bits per heavy atom. The molecule has 1 aromatic carbocycles. The lowest BCUT2D eigenvalue weighted by molar-refractivity contribution is 0.654. The first-order valence-corrected chi connectivity index (χ1v) is 5.48. The van der Waals surface area contributed by atoms with E-state index in [0.29, 0.717) is 6.54 Å². The summed E-state index contributed by atoms with van der Waals surface area (Å²) in [6.45, 7) is 5.46. The minimum absolute atomic E-state index is 0.579. The Hall–Kier alpha value is -1.61. The van der Waals surface area contributed by atoms with E-state index in [1.807, 2.05) is 23.7 Å². The van der Waals surface area contributed by atoms with Crippen molar-refractivity contribution in [3.63, 3.8) is 0 Å². The van der Waals surface area contributed by atoms with Crippen molar-refractivity contribution in [3.05, 3.63) is 52.8 Å². The fraction of sp³-hybridized carbons (Fsp3) is 0.308. The molecule has 3 heteroatoms. The topological polar surface area (TPSA) is 43.8 Å². The highest BCUT2D eigenvalue weighted by atomic mass is 15.3. The Morgan fingerprint density at radius 1 is 1.19 bits per heavy atom. The quantitative estimate of drug-likeness (QED) is 0.851. The molecule has 0 radical (unpaired) electrons. The third-order valence-corrected chi connectivity index (χ3v) is 2.76. The maximum atomic E-state index is 5.72. The second-order valence-corrected chi connectivity index (χ2v) is 4.06. The molecule has 0 unspecified atom stereocenters. The van der Waals surface area contributed by atoms with Crippen molar-refractivity contribution in [2.24, 2.45) is 5.73 Å². The van der Waals surface area contributed by atoms with E-state index >= 15 is 0 Å². The average molecular weight is 215 g/mol. The van der Waals surface area contributed by atoms with Crippen molar-refractivity contribution in [3.8, 4) is 0 Å². The van der Waals surface area contributed by atoms with E-state index in [9.17, 15) is 0 Å². The molecule has 1 heterocycles. The number of aromatic nitrogens is 2. The van der Waals surface area contributed by atoms with Crippen LogP contribution in [0, 0.1) is 13.8 Å². The molecule has 0 spiro atoms. The summed E-state index contributed by atoms with van der Waals surface area (Å²) in [5.74, 6) is 0. The van der Waals surface area contributed by atoms with Gasteiger partial charge in [0.1, 0.15) is 0 Å². The van der Waals surface area contributed by atoms with E-state index in [4.69, 9.17) is 5.73 Å². The van der Waals surface area contributed by atoms with Crippen LogP contribution in [0.1, 0.15) is 22.5 Å². The van der Waals surface area contributed by atoms with Crippen LogP contribution >= 0.6 is 0 Å². The van der Waals surface area contributed by atoms with Gasteiger partial charge in [0.25, 0.3) is 0 Å². The van der Waals surface area contributed by atoms with Gasteiger partial charge in [-0.1, -0.05) is 24.3 Å². The number of nitrogens with zero attached hydrogens (tertiary/aromatic N) is 2. The van der Waals surface area contributed by atoms with Crippen LogP contribution in [-0.4, -0.2) is 9.78 Å². The van der Waals surface area contributed by atoms with E-state index in [1.54, 1.807) is 0 Å². The molecule has 2 N–H and O–H groups in total. The minimum atomic E-state index is 0.579. The monoisotopic (exact) mass is 215 g/mol. The number of hydrogen-bond acceptors (Lipinski definition) is 2. The van der Waals surface area contributed by atoms with Gasteiger partial charge < -0.3 is 5.73 Å². The third kappa shape index (κ3) is 2.14. The van der Waals surface area contributed by atoms with Gasteiger partial charge in [-0.25, -0.2) is 0 Å². The molecular weight excluding hydrogens is 198 g/mol. The zero-order valence-corrected chi connectivity index (χ0v) is 9.77. The lowest BCUT2D eigenvalue weighted by Gasteiger charge is -2.09. The zero-order chi connectivity index (χ0) is 11.5. The Balaban J connectivity index is 2.30. The zero-order valence-electron chi connectivity index (χ0n) is 9.77. The summed E-state index contributed by atoms with van der Waals surface area (Å²) in [4.78, 5) is 0. The van der Waals surface area contributed by atoms with Crippen molar-refractivity contribution in [1.29, 1.82) is 0 Å². The van der Waals surface area contributed by atoms with E-state index in [1.165, 1.54) is 16.8 Å². The molecule has 0 atom stereocenters. The summed E-state index contributed by atoms with van der Waals surface area (Å²) in [5.41, 5.74) is 10.4. The Bertz CT molecular complexity index is 486. The Morgan fingerprint density at radius 2 is 1.88 bits per heavy atom. The second-order valence-electron chi connectivity index (χ2n) is 4.06. The smallest absolute Gasteiger partial charge is 0.0665 e. The average Bonchev–Trinajstić information content (AvgIpc) is 2.58. The maximum absolute atomic E-state index is 5.72. The molecule has 0 bridgehead atoms. The highest BCUT2D eigenvalue weighted by Crippen LogP contribution is 2.11. The molecule has 2 aromatic rings. The maximum Gasteiger partial charge on any atom is 0.0665 e. The molecule has 1 aromatic heterocycles. The molecule has 0 aliphatic carbocycles. The number of benzene rings is 1. The molecular formula is C13H17N3. The Labute approximate surface area is 95.9 Å². The summed E-state index contributed by atoms with van der Waals surface area (Å²) in [6.07, 6.45) is 0. The largest absolute Gasteiger partial charge is 0.326 e. The predicted molar refractivity (Wildman–Crippen MR) is 65.1 cm³/mol. The number of hydrogen-bond donors (Lipinski definition) is 1. The normalized spacial score (nSPS) is 10.7. The fourth-order valence-electron chi connectivity index (χ4n) is 1.91. The van der Waals surface area contributed by atoms with Crippen LogP contribution in [0.3, 0.4) is 0 Å². The summed E-state index contributed by atoms with van der Waals surface area (Å²) in [7, 11) is 0. The van der Waals surface area contributed by atoms with Crippen LogP contribution in [0.25, 0.3) is 0 Å². The van der Waals surface area contributed by atoms with Gasteiger partial charge in [0.05, 0.1) is 12.2 Å². The summed E-state index contributed by atoms with van der Waals surface area (Å²) >= 11 is 0. The SMILES string of the molecule is Cc1cc(C)n(Cc2ccccc2CN)n1. The number of rotatable bonds is 3. The van der Waals surface area contributed by atoms with Gasteiger partial charge >= 0.3 is 0 Å². The second kappa shape index (κ2) is 4.49. The summed E-state index contributed by atoms with van der Waals surface area (Å²) < 4.78 is 2.02. The van der Waals surface area contributed by atoms with Gasteiger partial charge in [0, 0.05) is 12.2 Å². The van der Waals surface area contributed by atoms with Crippen molar-refractivity contribution >= 4 is 0 Å². The van der Waals surface area contributed by atoms with Crippen LogP contribution in [0.2, 0.25) is 0 Å². The van der Waals surface area contributed by atoms with Crippen molar-refractivity contribution in [2.45, 2.75) is 26.9 Å². The molecule has 0 fully saturated rings. The molecule has 0 saturated heterocycles. The fourth-order valence-corrected chi connectivity index (χ4v) is 1.91. The molecule has 0 amide bonds. The van der Waals surface area contributed by atoms with E-state index in [0.717, 1.165) is 12.2 Å². The molecule has 0 aliphatic rings. The van der Waals surface area contributed by atoms with E-state index < -0.39 is 0 Å². The minimum Gasteiger partial charge on any atom is -0.326 e. The van der Waals surface area contributed by atoms with Crippen LogP contribution in [0.5, 0.6) is 0 Å². The predicted octanol–water partition coefficient (Wildman–Crippen LogP) is 2.01. The highest BCUT2D eigenvalue weighted by Gasteiger charge is 2.04. The molecule has 2 rings (SSSR count). The summed E-state index contributed by atoms with van der Waals surface area (Å²) in [6, 6.07) is 10.3. The van der Waals surface area contributed by atoms with Crippen LogP contribution in [0.4, 0.5) is 0 Å². The van der Waals surface area contributed by atoms with Crippen LogP contribution in [-0.2, 0) is 13.1 Å². The van der Waals surface area contributed by atoms with Gasteiger partial charge in [-0.2, -0.15) is 5.10 Å². The number of nitrogens with two attached hydrogens (primary N) is 1. The van der Waals surface area contributed by atoms with Gasteiger partial charge in [0.2, 0.25) is 0 Å². The van der Waals surface area contributed by atoms with Gasteiger partial charge in [-0.15, -0.1) is 0 Å². The molecule has 84 valence electrons. The lowest BCUT2D eigenvalue weighted by Crippen LogP contribution is -2.08. The van der Waals surface area contributed by atoms with Crippen molar-refractivity contribution < 1.29 is 0 Å².